The predicted molar refractivity (Wildman–Crippen MR) is 125 cm³/mol. The molecule has 0 spiro atoms. The molecule has 3 heterocycles. The van der Waals surface area contributed by atoms with Crippen LogP contribution in [0.5, 0.6) is 5.75 Å². The van der Waals surface area contributed by atoms with Crippen LogP contribution < -0.4 is 9.64 Å². The number of fused-ring (bicyclic) bond motifs is 1. The van der Waals surface area contributed by atoms with E-state index in [4.69, 9.17) is 4.74 Å². The second-order valence-corrected chi connectivity index (χ2v) is 10.2. The first kappa shape index (κ1) is 22.2. The predicted octanol–water partition coefficient (Wildman–Crippen LogP) is 3.04. The Balaban J connectivity index is 1.38. The van der Waals surface area contributed by atoms with Crippen LogP contribution >= 0.6 is 0 Å². The summed E-state index contributed by atoms with van der Waals surface area (Å²) in [5.74, 6) is -0.702. The molecule has 1 unspecified atom stereocenters. The zero-order valence-electron chi connectivity index (χ0n) is 18.3. The first-order valence-corrected chi connectivity index (χ1v) is 12.5. The van der Waals surface area contributed by atoms with Gasteiger partial charge in [-0.25, -0.2) is 8.42 Å². The van der Waals surface area contributed by atoms with Crippen molar-refractivity contribution in [1.82, 2.24) is 9.29 Å². The van der Waals surface area contributed by atoms with Gasteiger partial charge in [0, 0.05) is 18.9 Å². The van der Waals surface area contributed by atoms with Gasteiger partial charge in [0.2, 0.25) is 10.0 Å². The second kappa shape index (κ2) is 9.00. The Labute approximate surface area is 197 Å². The average Bonchev–Trinajstić information content (AvgIpc) is 3.44. The van der Waals surface area contributed by atoms with E-state index in [0.717, 1.165) is 12.0 Å². The van der Waals surface area contributed by atoms with Crippen molar-refractivity contribution in [1.29, 1.82) is 0 Å². The average molecular weight is 478 g/mol. The Morgan fingerprint density at radius 2 is 1.85 bits per heavy atom. The van der Waals surface area contributed by atoms with Gasteiger partial charge in [0.1, 0.15) is 12.4 Å². The highest BCUT2D eigenvalue weighted by molar-refractivity contribution is 7.89. The van der Waals surface area contributed by atoms with Crippen LogP contribution in [0.15, 0.2) is 78.0 Å². The maximum atomic E-state index is 13.5. The molecular formula is C25H23N3O5S. The Hall–Kier alpha value is -3.56. The Bertz CT molecular complexity index is 1330. The minimum atomic E-state index is -3.87. The molecule has 3 aromatic rings. The third-order valence-electron chi connectivity index (χ3n) is 6.12. The lowest BCUT2D eigenvalue weighted by atomic mass is 10.1. The number of Topliss-reactive ketones (excluding diaryl/α,β-unsaturated/α-hetero) is 1. The number of hydrogen-bond donors (Lipinski definition) is 0. The molecule has 8 nitrogen and oxygen atoms in total. The number of hydrogen-bond acceptors (Lipinski definition) is 6. The maximum Gasteiger partial charge on any atom is 0.299 e. The Kier molecular flexibility index (Phi) is 5.89. The fourth-order valence-corrected chi connectivity index (χ4v) is 6.11. The molecule has 1 amide bonds. The van der Waals surface area contributed by atoms with Crippen molar-refractivity contribution in [2.75, 3.05) is 18.1 Å². The van der Waals surface area contributed by atoms with Crippen LogP contribution in [0.1, 0.15) is 28.8 Å². The van der Waals surface area contributed by atoms with E-state index in [1.807, 2.05) is 36.4 Å². The van der Waals surface area contributed by atoms with Crippen LogP contribution in [0.2, 0.25) is 0 Å². The van der Waals surface area contributed by atoms with Gasteiger partial charge in [-0.2, -0.15) is 4.31 Å². The fraction of sp³-hybridized carbons (Fsp3) is 0.240. The van der Waals surface area contributed by atoms with Crippen molar-refractivity contribution < 1.29 is 22.7 Å². The number of sulfonamides is 1. The van der Waals surface area contributed by atoms with Crippen molar-refractivity contribution in [2.45, 2.75) is 30.3 Å². The molecule has 34 heavy (non-hydrogen) atoms. The van der Waals surface area contributed by atoms with Crippen molar-refractivity contribution in [2.24, 2.45) is 0 Å². The molecule has 0 bridgehead atoms. The van der Waals surface area contributed by atoms with Gasteiger partial charge in [0.25, 0.3) is 11.7 Å². The van der Waals surface area contributed by atoms with Crippen molar-refractivity contribution in [3.8, 4) is 5.75 Å². The largest absolute Gasteiger partial charge is 0.492 e. The number of carbonyl (C=O) groups is 2. The molecule has 9 heteroatoms. The number of pyridine rings is 1. The van der Waals surface area contributed by atoms with Crippen LogP contribution in [-0.4, -0.2) is 48.6 Å². The third-order valence-corrected chi connectivity index (χ3v) is 8.07. The molecule has 5 rings (SSSR count). The van der Waals surface area contributed by atoms with Crippen LogP contribution in [0, 0.1) is 0 Å². The van der Waals surface area contributed by atoms with Gasteiger partial charge < -0.3 is 9.64 Å². The first-order chi connectivity index (χ1) is 16.4. The van der Waals surface area contributed by atoms with Crippen LogP contribution in [0.25, 0.3) is 0 Å². The summed E-state index contributed by atoms with van der Waals surface area (Å²) in [6.07, 6.45) is 4.66. The summed E-state index contributed by atoms with van der Waals surface area (Å²) >= 11 is 0. The molecule has 2 aliphatic heterocycles. The number of benzene rings is 2. The van der Waals surface area contributed by atoms with Crippen LogP contribution in [0.4, 0.5) is 5.69 Å². The number of ketones is 1. The number of ether oxygens (including phenoxy) is 1. The third kappa shape index (κ3) is 4.08. The van der Waals surface area contributed by atoms with Gasteiger partial charge in [-0.1, -0.05) is 24.3 Å². The molecule has 174 valence electrons. The zero-order chi connectivity index (χ0) is 23.7. The lowest BCUT2D eigenvalue weighted by molar-refractivity contribution is -0.114. The van der Waals surface area contributed by atoms with Gasteiger partial charge >= 0.3 is 0 Å². The van der Waals surface area contributed by atoms with Gasteiger partial charge in [0.15, 0.2) is 0 Å². The SMILES string of the molecule is O=C1C(=O)N(Cc2cccnc2)c2ccc(S(=O)(=O)N3CCCC3COc3ccccc3)cc21. The van der Waals surface area contributed by atoms with Crippen molar-refractivity contribution in [3.63, 3.8) is 0 Å². The van der Waals surface area contributed by atoms with Gasteiger partial charge in [0.05, 0.1) is 28.7 Å². The highest BCUT2D eigenvalue weighted by atomic mass is 32.2. The first-order valence-electron chi connectivity index (χ1n) is 11.0. The quantitative estimate of drug-likeness (QED) is 0.485. The van der Waals surface area contributed by atoms with Crippen LogP contribution in [0.3, 0.4) is 0 Å². The van der Waals surface area contributed by atoms with E-state index >= 15 is 0 Å². The molecule has 0 saturated carbocycles. The smallest absolute Gasteiger partial charge is 0.299 e. The monoisotopic (exact) mass is 477 g/mol. The zero-order valence-corrected chi connectivity index (χ0v) is 19.1. The van der Waals surface area contributed by atoms with E-state index in [2.05, 4.69) is 4.98 Å². The summed E-state index contributed by atoms with van der Waals surface area (Å²) in [7, 11) is -3.87. The van der Waals surface area contributed by atoms with E-state index in [0.29, 0.717) is 24.4 Å². The molecular weight excluding hydrogens is 454 g/mol. The van der Waals surface area contributed by atoms with E-state index in [1.165, 1.54) is 27.4 Å². The number of rotatable bonds is 7. The molecule has 0 aliphatic carbocycles. The van der Waals surface area contributed by atoms with Gasteiger partial charge in [-0.05, 0) is 54.8 Å². The molecule has 1 atom stereocenters. The molecule has 0 N–H and O–H groups in total. The summed E-state index contributed by atoms with van der Waals surface area (Å²) in [6.45, 7) is 0.801. The molecule has 2 aromatic carbocycles. The van der Waals surface area contributed by atoms with Gasteiger partial charge in [-0.15, -0.1) is 0 Å². The minimum absolute atomic E-state index is 0.00207. The van der Waals surface area contributed by atoms with E-state index in [9.17, 15) is 18.0 Å². The normalized spacial score (nSPS) is 18.4. The summed E-state index contributed by atoms with van der Waals surface area (Å²) in [6, 6.07) is 16.8. The number of para-hydroxylation sites is 1. The summed E-state index contributed by atoms with van der Waals surface area (Å²) in [5.41, 5.74) is 1.28. The molecule has 0 radical (unpaired) electrons. The minimum Gasteiger partial charge on any atom is -0.492 e. The Morgan fingerprint density at radius 1 is 1.03 bits per heavy atom. The fourth-order valence-electron chi connectivity index (χ4n) is 4.41. The summed E-state index contributed by atoms with van der Waals surface area (Å²) in [4.78, 5) is 30.7. The number of amides is 1. The highest BCUT2D eigenvalue weighted by Gasteiger charge is 2.40. The molecule has 1 fully saturated rings. The molecule has 2 aliphatic rings. The van der Waals surface area contributed by atoms with E-state index in [1.54, 1.807) is 18.5 Å². The second-order valence-electron chi connectivity index (χ2n) is 8.30. The highest BCUT2D eigenvalue weighted by Crippen LogP contribution is 2.34. The Morgan fingerprint density at radius 3 is 2.62 bits per heavy atom. The standard InChI is InChI=1S/C25H23N3O5S/c29-24-22-14-21(10-11-23(22)27(25(24)30)16-18-6-4-12-26-15-18)34(31,32)28-13-5-7-19(28)17-33-20-8-2-1-3-9-20/h1-4,6,8-12,14-15,19H,5,7,13,16-17H2. The number of carbonyl (C=O) groups excluding carboxylic acids is 2. The number of aromatic nitrogens is 1. The van der Waals surface area contributed by atoms with Crippen LogP contribution in [-0.2, 0) is 21.4 Å². The van der Waals surface area contributed by atoms with Crippen molar-refractivity contribution in [3.05, 3.63) is 84.2 Å². The lowest BCUT2D eigenvalue weighted by Crippen LogP contribution is -2.39. The summed E-state index contributed by atoms with van der Waals surface area (Å²) < 4.78 is 34.2. The molecule has 1 aromatic heterocycles. The van der Waals surface area contributed by atoms with Crippen molar-refractivity contribution >= 4 is 27.4 Å². The topological polar surface area (TPSA) is 96.9 Å². The lowest BCUT2D eigenvalue weighted by Gasteiger charge is -2.24. The van der Waals surface area contributed by atoms with E-state index < -0.39 is 21.7 Å². The maximum absolute atomic E-state index is 13.5. The number of anilines is 1. The van der Waals surface area contributed by atoms with E-state index in [-0.39, 0.29) is 29.7 Å². The summed E-state index contributed by atoms with van der Waals surface area (Å²) in [5, 5.41) is 0. The van der Waals surface area contributed by atoms with Gasteiger partial charge in [-0.3, -0.25) is 14.6 Å². The number of nitrogens with zero attached hydrogens (tertiary/aromatic N) is 3. The molecule has 1 saturated heterocycles.